The number of nitrogens with zero attached hydrogens (tertiary/aromatic N) is 4. The van der Waals surface area contributed by atoms with Crippen molar-refractivity contribution in [1.82, 2.24) is 35.8 Å². The molecule has 16 nitrogen and oxygen atoms in total. The maximum Gasteiger partial charge on any atom is 0.253 e. The predicted octanol–water partition coefficient (Wildman–Crippen LogP) is 7.66. The van der Waals surface area contributed by atoms with Crippen LogP contribution < -0.4 is 26.4 Å². The Hall–Kier alpha value is -6.27. The van der Waals surface area contributed by atoms with Gasteiger partial charge in [0.2, 0.25) is 17.7 Å². The van der Waals surface area contributed by atoms with Gasteiger partial charge in [-0.05, 0) is 131 Å². The number of hydrogen-bond acceptors (Lipinski definition) is 12. The van der Waals surface area contributed by atoms with Gasteiger partial charge in [-0.15, -0.1) is 11.3 Å². The summed E-state index contributed by atoms with van der Waals surface area (Å²) in [6, 6.07) is 16.4. The molecule has 2 fully saturated rings. The van der Waals surface area contributed by atoms with Crippen molar-refractivity contribution in [2.75, 3.05) is 44.4 Å². The number of carbonyl (C=O) groups is 4. The number of H-pyrrole nitrogens is 1. The van der Waals surface area contributed by atoms with E-state index in [2.05, 4.69) is 49.9 Å². The smallest absolute Gasteiger partial charge is 0.253 e. The molecule has 0 aliphatic carbocycles. The molecule has 0 spiro atoms. The lowest BCUT2D eigenvalue weighted by Gasteiger charge is -2.37. The summed E-state index contributed by atoms with van der Waals surface area (Å²) in [5, 5.41) is 19.6. The first-order valence-electron chi connectivity index (χ1n) is 26.5. The average molecular weight is 1050 g/mol. The fourth-order valence-electron chi connectivity index (χ4n) is 10.1. The lowest BCUT2D eigenvalue weighted by atomic mass is 9.85. The van der Waals surface area contributed by atoms with Gasteiger partial charge < -0.3 is 45.3 Å². The Labute approximate surface area is 445 Å². The molecule has 402 valence electrons. The molecule has 4 amide bonds. The molecule has 2 aromatic carbocycles. The number of aryl methyl sites for hydroxylation is 4. The van der Waals surface area contributed by atoms with E-state index in [1.165, 1.54) is 4.90 Å². The van der Waals surface area contributed by atoms with Crippen LogP contribution in [-0.2, 0) is 43.4 Å². The molecule has 2 saturated heterocycles. The third kappa shape index (κ3) is 14.8. The van der Waals surface area contributed by atoms with E-state index in [1.807, 2.05) is 103 Å². The Morgan fingerprint density at radius 1 is 0.920 bits per heavy atom. The van der Waals surface area contributed by atoms with Crippen LogP contribution in [0.15, 0.2) is 71.1 Å². The Kier molecular flexibility index (Phi) is 19.6. The first-order valence-corrected chi connectivity index (χ1v) is 27.3. The van der Waals surface area contributed by atoms with Gasteiger partial charge in [-0.1, -0.05) is 51.1 Å². The van der Waals surface area contributed by atoms with E-state index in [1.54, 1.807) is 11.3 Å². The number of anilines is 1. The molecule has 7 rings (SSSR count). The number of aromatic nitrogens is 3. The molecule has 0 saturated carbocycles. The zero-order valence-corrected chi connectivity index (χ0v) is 45.8. The van der Waals surface area contributed by atoms with Crippen molar-refractivity contribution in [2.24, 2.45) is 5.41 Å². The van der Waals surface area contributed by atoms with Gasteiger partial charge in [0, 0.05) is 106 Å². The summed E-state index contributed by atoms with van der Waals surface area (Å²) >= 11 is 1.58. The second-order valence-corrected chi connectivity index (χ2v) is 21.9. The SMILES string of the molecule is CCN(c1cc(-c2ccc(CCCOCCCCC(=O)N[C@H](C(=O)N3C[C@H](O)C[C@H]3C(=O)NCc3ccc(-c4scnc4C)cc3)C(C)(C)C)cn2)cc(C(=O)NCc2c(C)cc(C)[nH]c2=O)c1C)C1CCOCC1. The van der Waals surface area contributed by atoms with E-state index in [0.29, 0.717) is 50.4 Å². The molecule has 2 aliphatic heterocycles. The third-order valence-corrected chi connectivity index (χ3v) is 15.3. The zero-order chi connectivity index (χ0) is 53.8. The number of β-amino-alcohol motifs (C(OH)–C–C–N with tert-alkyl or cyclic N) is 1. The second kappa shape index (κ2) is 26.0. The van der Waals surface area contributed by atoms with Gasteiger partial charge in [-0.3, -0.25) is 29.0 Å². The number of benzene rings is 2. The summed E-state index contributed by atoms with van der Waals surface area (Å²) in [5.41, 5.74) is 11.0. The number of amides is 4. The molecule has 2 aliphatic rings. The number of pyridine rings is 2. The first-order chi connectivity index (χ1) is 35.9. The molecule has 3 atom stereocenters. The Bertz CT molecular complexity index is 2820. The molecular weight excluding hydrogens is 969 g/mol. The number of likely N-dealkylation sites (tertiary alicyclic amines) is 1. The van der Waals surface area contributed by atoms with Crippen molar-refractivity contribution in [1.29, 1.82) is 0 Å². The minimum atomic E-state index is -0.895. The van der Waals surface area contributed by atoms with Crippen LogP contribution >= 0.6 is 11.3 Å². The van der Waals surface area contributed by atoms with Gasteiger partial charge in [0.1, 0.15) is 12.1 Å². The molecule has 0 bridgehead atoms. The molecule has 5 N–H and O–H groups in total. The largest absolute Gasteiger partial charge is 0.391 e. The van der Waals surface area contributed by atoms with Crippen molar-refractivity contribution >= 4 is 40.7 Å². The van der Waals surface area contributed by atoms with Gasteiger partial charge in [0.05, 0.1) is 27.9 Å². The number of nitrogens with one attached hydrogen (secondary N) is 4. The van der Waals surface area contributed by atoms with Gasteiger partial charge in [-0.25, -0.2) is 4.98 Å². The topological polar surface area (TPSA) is 208 Å². The summed E-state index contributed by atoms with van der Waals surface area (Å²) in [5.74, 6) is -1.25. The number of ether oxygens (including phenoxy) is 2. The third-order valence-electron chi connectivity index (χ3n) is 14.4. The highest BCUT2D eigenvalue weighted by molar-refractivity contribution is 7.13. The number of unbranched alkanes of at least 4 members (excludes halogenated alkanes) is 1. The number of rotatable bonds is 22. The van der Waals surface area contributed by atoms with E-state index in [-0.39, 0.29) is 61.8 Å². The summed E-state index contributed by atoms with van der Waals surface area (Å²) in [6.07, 6.45) is 5.92. The van der Waals surface area contributed by atoms with E-state index in [0.717, 1.165) is 93.3 Å². The van der Waals surface area contributed by atoms with Gasteiger partial charge in [-0.2, -0.15) is 0 Å². The standard InChI is InChI=1S/C58H76N8O8S/c1-9-65(44-21-25-74-26-22-44)49-29-43(28-46(38(49)4)54(69)61-33-47-36(2)27-37(3)63-55(47)70)48-20-17-40(31-59-48)13-12-24-73-23-11-10-14-51(68)64-53(58(6,7)8)57(72)66-34-45(67)30-50(66)56(71)60-32-41-15-18-42(19-16-41)52-39(5)62-35-75-52/h15-20,27-29,31,35,44-45,50,53,67H,9-14,21-26,30,32-34H2,1-8H3,(H,60,71)(H,61,69)(H,63,70)(H,64,68)/t45-,50+,53-/m1/s1. The monoisotopic (exact) mass is 1040 g/mol. The molecule has 0 radical (unpaired) electrons. The molecule has 5 heterocycles. The van der Waals surface area contributed by atoms with Crippen molar-refractivity contribution < 1.29 is 33.8 Å². The van der Waals surface area contributed by atoms with E-state index >= 15 is 0 Å². The number of carbonyl (C=O) groups excluding carboxylic acids is 4. The highest BCUT2D eigenvalue weighted by Crippen LogP contribution is 2.34. The van der Waals surface area contributed by atoms with Crippen LogP contribution in [0.3, 0.4) is 0 Å². The molecule has 0 unspecified atom stereocenters. The van der Waals surface area contributed by atoms with Gasteiger partial charge >= 0.3 is 0 Å². The highest BCUT2D eigenvalue weighted by Gasteiger charge is 2.44. The molecule has 17 heteroatoms. The van der Waals surface area contributed by atoms with Crippen LogP contribution in [0.2, 0.25) is 0 Å². The minimum Gasteiger partial charge on any atom is -0.391 e. The lowest BCUT2D eigenvalue weighted by molar-refractivity contribution is -0.144. The Balaban J connectivity index is 0.868. The maximum absolute atomic E-state index is 14.1. The number of aliphatic hydroxyl groups excluding tert-OH is 1. The van der Waals surface area contributed by atoms with Crippen LogP contribution in [-0.4, -0.2) is 112 Å². The van der Waals surface area contributed by atoms with Crippen molar-refractivity contribution in [3.05, 3.63) is 121 Å². The normalized spacial score (nSPS) is 16.4. The summed E-state index contributed by atoms with van der Waals surface area (Å²) in [4.78, 5) is 84.5. The highest BCUT2D eigenvalue weighted by atomic mass is 32.1. The minimum absolute atomic E-state index is 0.00905. The fraction of sp³-hybridized carbons (Fsp3) is 0.500. The van der Waals surface area contributed by atoms with Crippen LogP contribution in [0.5, 0.6) is 0 Å². The number of thiazole rings is 1. The predicted molar refractivity (Wildman–Crippen MR) is 294 cm³/mol. The van der Waals surface area contributed by atoms with E-state index < -0.39 is 29.5 Å². The summed E-state index contributed by atoms with van der Waals surface area (Å²) in [6.45, 7) is 19.0. The maximum atomic E-state index is 14.1. The zero-order valence-electron chi connectivity index (χ0n) is 45.0. The Morgan fingerprint density at radius 3 is 2.32 bits per heavy atom. The molecular formula is C58H76N8O8S. The second-order valence-electron chi connectivity index (χ2n) is 21.1. The number of aromatic amines is 1. The van der Waals surface area contributed by atoms with Gasteiger partial charge in [0.15, 0.2) is 0 Å². The molecule has 3 aromatic heterocycles. The fourth-order valence-corrected chi connectivity index (χ4v) is 10.9. The van der Waals surface area contributed by atoms with Crippen molar-refractivity contribution in [3.8, 4) is 21.7 Å². The van der Waals surface area contributed by atoms with Gasteiger partial charge in [0.25, 0.3) is 11.5 Å². The van der Waals surface area contributed by atoms with E-state index in [4.69, 9.17) is 14.5 Å². The average Bonchev–Trinajstić information content (AvgIpc) is 4.01. The van der Waals surface area contributed by atoms with Crippen LogP contribution in [0.25, 0.3) is 21.7 Å². The van der Waals surface area contributed by atoms with Crippen LogP contribution in [0.1, 0.15) is 122 Å². The van der Waals surface area contributed by atoms with E-state index in [9.17, 15) is 29.1 Å². The summed E-state index contributed by atoms with van der Waals surface area (Å²) < 4.78 is 11.6. The quantitative estimate of drug-likeness (QED) is 0.0425. The van der Waals surface area contributed by atoms with Crippen LogP contribution in [0, 0.1) is 33.1 Å². The molecule has 5 aromatic rings. The van der Waals surface area contributed by atoms with Crippen LogP contribution in [0.4, 0.5) is 5.69 Å². The van der Waals surface area contributed by atoms with Crippen molar-refractivity contribution in [2.45, 2.75) is 144 Å². The Morgan fingerprint density at radius 2 is 1.65 bits per heavy atom. The number of aliphatic hydroxyl groups is 1. The first kappa shape index (κ1) is 56.5. The summed E-state index contributed by atoms with van der Waals surface area (Å²) in [7, 11) is 0. The number of hydrogen-bond donors (Lipinski definition) is 5. The lowest BCUT2D eigenvalue weighted by Crippen LogP contribution is -2.57. The molecule has 75 heavy (non-hydrogen) atoms. The van der Waals surface area contributed by atoms with Crippen molar-refractivity contribution in [3.63, 3.8) is 0 Å².